The summed E-state index contributed by atoms with van der Waals surface area (Å²) in [5.74, 6) is 0.0662. The van der Waals surface area contributed by atoms with E-state index in [1.54, 1.807) is 14.2 Å². The Labute approximate surface area is 123 Å². The molecule has 0 aromatic heterocycles. The molecule has 3 N–H and O–H groups in total. The third-order valence-corrected chi connectivity index (χ3v) is 3.16. The van der Waals surface area contributed by atoms with E-state index in [1.165, 1.54) is 0 Å². The first kappa shape index (κ1) is 19.3. The van der Waals surface area contributed by atoms with Crippen molar-refractivity contribution in [3.8, 4) is 0 Å². The molecule has 1 amide bonds. The molecule has 0 fully saturated rings. The molecule has 0 saturated heterocycles. The van der Waals surface area contributed by atoms with Gasteiger partial charge >= 0.3 is 0 Å². The molecule has 0 aromatic rings. The molecule has 120 valence electrons. The summed E-state index contributed by atoms with van der Waals surface area (Å²) in [7, 11) is 3.37. The zero-order valence-electron chi connectivity index (χ0n) is 13.2. The molecule has 0 rings (SSSR count). The van der Waals surface area contributed by atoms with Gasteiger partial charge in [-0.1, -0.05) is 6.92 Å². The van der Waals surface area contributed by atoms with Gasteiger partial charge in [0, 0.05) is 59.5 Å². The van der Waals surface area contributed by atoms with E-state index < -0.39 is 0 Å². The van der Waals surface area contributed by atoms with Gasteiger partial charge in [-0.25, -0.2) is 0 Å². The molecule has 0 bridgehead atoms. The number of carbonyl (C=O) groups is 1. The van der Waals surface area contributed by atoms with Crippen LogP contribution in [0.3, 0.4) is 0 Å². The Morgan fingerprint density at radius 1 is 1.25 bits per heavy atom. The van der Waals surface area contributed by atoms with Gasteiger partial charge in [-0.15, -0.1) is 0 Å². The minimum Gasteiger partial charge on any atom is -0.385 e. The van der Waals surface area contributed by atoms with Gasteiger partial charge in [0.2, 0.25) is 5.91 Å². The Morgan fingerprint density at radius 2 is 1.95 bits per heavy atom. The highest BCUT2D eigenvalue weighted by Crippen LogP contribution is 2.05. The maximum absolute atomic E-state index is 11.8. The first-order valence-corrected chi connectivity index (χ1v) is 7.38. The summed E-state index contributed by atoms with van der Waals surface area (Å²) in [6.45, 7) is 6.22. The van der Waals surface area contributed by atoms with Crippen LogP contribution in [0.5, 0.6) is 0 Å². The Hall–Kier alpha value is -0.690. The second-order valence-corrected chi connectivity index (χ2v) is 4.82. The molecular weight excluding hydrogens is 258 g/mol. The Kier molecular flexibility index (Phi) is 12.8. The maximum Gasteiger partial charge on any atom is 0.221 e. The van der Waals surface area contributed by atoms with E-state index in [0.717, 1.165) is 32.5 Å². The molecule has 0 aliphatic carbocycles. The van der Waals surface area contributed by atoms with E-state index in [9.17, 15) is 4.79 Å². The standard InChI is InChI=1S/C14H31N3O3/c1-4-6-16-14(18)11-13(12-15)17(8-10-20-3)7-5-9-19-2/h13H,4-12,15H2,1-3H3,(H,16,18). The van der Waals surface area contributed by atoms with Gasteiger partial charge in [0.05, 0.1) is 6.61 Å². The fraction of sp³-hybridized carbons (Fsp3) is 0.929. The summed E-state index contributed by atoms with van der Waals surface area (Å²) in [4.78, 5) is 14.0. The van der Waals surface area contributed by atoms with Crippen molar-refractivity contribution in [3.63, 3.8) is 0 Å². The van der Waals surface area contributed by atoms with Crippen LogP contribution >= 0.6 is 0 Å². The molecule has 6 heteroatoms. The van der Waals surface area contributed by atoms with Crippen LogP contribution in [0.2, 0.25) is 0 Å². The van der Waals surface area contributed by atoms with Crippen molar-refractivity contribution in [1.29, 1.82) is 0 Å². The van der Waals surface area contributed by atoms with Gasteiger partial charge in [-0.3, -0.25) is 9.69 Å². The molecule has 0 saturated carbocycles. The van der Waals surface area contributed by atoms with E-state index in [-0.39, 0.29) is 11.9 Å². The number of hydrogen-bond acceptors (Lipinski definition) is 5. The largest absolute Gasteiger partial charge is 0.385 e. The van der Waals surface area contributed by atoms with Crippen LogP contribution in [0.4, 0.5) is 0 Å². The average Bonchev–Trinajstić information content (AvgIpc) is 2.46. The highest BCUT2D eigenvalue weighted by atomic mass is 16.5. The van der Waals surface area contributed by atoms with Crippen molar-refractivity contribution in [2.24, 2.45) is 5.73 Å². The lowest BCUT2D eigenvalue weighted by Gasteiger charge is -2.30. The van der Waals surface area contributed by atoms with Crippen LogP contribution in [0.25, 0.3) is 0 Å². The maximum atomic E-state index is 11.8. The molecule has 1 unspecified atom stereocenters. The number of hydrogen-bond donors (Lipinski definition) is 2. The SMILES string of the molecule is CCCNC(=O)CC(CN)N(CCCOC)CCOC. The highest BCUT2D eigenvalue weighted by Gasteiger charge is 2.19. The number of rotatable bonds is 13. The smallest absolute Gasteiger partial charge is 0.221 e. The van der Waals surface area contributed by atoms with Gasteiger partial charge in [-0.05, 0) is 12.8 Å². The van der Waals surface area contributed by atoms with Crippen LogP contribution in [0.1, 0.15) is 26.2 Å². The molecule has 0 aromatic carbocycles. The van der Waals surface area contributed by atoms with E-state index >= 15 is 0 Å². The van der Waals surface area contributed by atoms with Crippen molar-refractivity contribution in [3.05, 3.63) is 0 Å². The lowest BCUT2D eigenvalue weighted by Crippen LogP contribution is -2.46. The predicted molar refractivity (Wildman–Crippen MR) is 80.7 cm³/mol. The molecular formula is C14H31N3O3. The predicted octanol–water partition coefficient (Wildman–Crippen LogP) is 0.215. The number of methoxy groups -OCH3 is 2. The zero-order chi connectivity index (χ0) is 15.2. The third kappa shape index (κ3) is 9.25. The van der Waals surface area contributed by atoms with E-state index in [1.807, 2.05) is 6.92 Å². The van der Waals surface area contributed by atoms with Crippen LogP contribution in [-0.4, -0.2) is 70.5 Å². The number of ether oxygens (including phenoxy) is 2. The van der Waals surface area contributed by atoms with Gasteiger partial charge in [0.1, 0.15) is 0 Å². The molecule has 0 aliphatic heterocycles. The second-order valence-electron chi connectivity index (χ2n) is 4.82. The summed E-state index contributed by atoms with van der Waals surface area (Å²) >= 11 is 0. The minimum absolute atomic E-state index is 0.0545. The first-order valence-electron chi connectivity index (χ1n) is 7.38. The lowest BCUT2D eigenvalue weighted by atomic mass is 10.1. The zero-order valence-corrected chi connectivity index (χ0v) is 13.2. The number of carbonyl (C=O) groups excluding carboxylic acids is 1. The van der Waals surface area contributed by atoms with E-state index in [4.69, 9.17) is 15.2 Å². The average molecular weight is 289 g/mol. The lowest BCUT2D eigenvalue weighted by molar-refractivity contribution is -0.122. The summed E-state index contributed by atoms with van der Waals surface area (Å²) in [5.41, 5.74) is 5.83. The fourth-order valence-corrected chi connectivity index (χ4v) is 2.01. The number of amides is 1. The van der Waals surface area contributed by atoms with Crippen LogP contribution in [0.15, 0.2) is 0 Å². The van der Waals surface area contributed by atoms with Crippen molar-refractivity contribution >= 4 is 5.91 Å². The van der Waals surface area contributed by atoms with Crippen LogP contribution in [-0.2, 0) is 14.3 Å². The van der Waals surface area contributed by atoms with E-state index in [2.05, 4.69) is 10.2 Å². The normalized spacial score (nSPS) is 12.7. The monoisotopic (exact) mass is 289 g/mol. The first-order chi connectivity index (χ1) is 9.69. The van der Waals surface area contributed by atoms with Gasteiger partial charge in [0.15, 0.2) is 0 Å². The molecule has 1 atom stereocenters. The van der Waals surface area contributed by atoms with Crippen molar-refractivity contribution < 1.29 is 14.3 Å². The molecule has 6 nitrogen and oxygen atoms in total. The molecule has 0 aliphatic rings. The molecule has 0 spiro atoms. The summed E-state index contributed by atoms with van der Waals surface area (Å²) in [5, 5.41) is 2.90. The van der Waals surface area contributed by atoms with Gasteiger partial charge < -0.3 is 20.5 Å². The molecule has 20 heavy (non-hydrogen) atoms. The highest BCUT2D eigenvalue weighted by molar-refractivity contribution is 5.76. The Bertz CT molecular complexity index is 240. The third-order valence-electron chi connectivity index (χ3n) is 3.16. The Morgan fingerprint density at radius 3 is 2.50 bits per heavy atom. The number of nitrogens with one attached hydrogen (secondary N) is 1. The number of nitrogens with two attached hydrogens (primary N) is 1. The topological polar surface area (TPSA) is 76.8 Å². The molecule has 0 heterocycles. The fourth-order valence-electron chi connectivity index (χ4n) is 2.01. The minimum atomic E-state index is 0.0545. The Balaban J connectivity index is 4.33. The van der Waals surface area contributed by atoms with Gasteiger partial charge in [0.25, 0.3) is 0 Å². The quantitative estimate of drug-likeness (QED) is 0.474. The van der Waals surface area contributed by atoms with Crippen molar-refractivity contribution in [1.82, 2.24) is 10.2 Å². The van der Waals surface area contributed by atoms with Crippen LogP contribution in [0, 0.1) is 0 Å². The van der Waals surface area contributed by atoms with Gasteiger partial charge in [-0.2, -0.15) is 0 Å². The second kappa shape index (κ2) is 13.3. The van der Waals surface area contributed by atoms with Crippen LogP contribution < -0.4 is 11.1 Å². The summed E-state index contributed by atoms with van der Waals surface area (Å²) < 4.78 is 10.2. The number of nitrogens with zero attached hydrogens (tertiary/aromatic N) is 1. The molecule has 0 radical (unpaired) electrons. The van der Waals surface area contributed by atoms with Crippen molar-refractivity contribution in [2.45, 2.75) is 32.2 Å². The van der Waals surface area contributed by atoms with Crippen molar-refractivity contribution in [2.75, 3.05) is 53.6 Å². The summed E-state index contributed by atoms with van der Waals surface area (Å²) in [6.07, 6.45) is 2.31. The summed E-state index contributed by atoms with van der Waals surface area (Å²) in [6, 6.07) is 0.0545. The van der Waals surface area contributed by atoms with E-state index in [0.29, 0.717) is 26.2 Å².